The molecule has 25 heavy (non-hydrogen) atoms. The van der Waals surface area contributed by atoms with Crippen LogP contribution in [0.4, 0.5) is 5.69 Å². The molecule has 1 aromatic carbocycles. The molecule has 2 aromatic rings. The van der Waals surface area contributed by atoms with Crippen LogP contribution in [0.1, 0.15) is 30.1 Å². The lowest BCUT2D eigenvalue weighted by atomic mass is 10.0. The number of benzene rings is 1. The molecule has 0 unspecified atom stereocenters. The van der Waals surface area contributed by atoms with Crippen LogP contribution in [0.15, 0.2) is 53.7 Å². The quantitative estimate of drug-likeness (QED) is 0.910. The van der Waals surface area contributed by atoms with E-state index in [0.29, 0.717) is 30.3 Å². The van der Waals surface area contributed by atoms with E-state index < -0.39 is 10.0 Å². The van der Waals surface area contributed by atoms with Crippen molar-refractivity contribution >= 4 is 21.6 Å². The molecule has 1 amide bonds. The first-order valence-corrected chi connectivity index (χ1v) is 9.72. The van der Waals surface area contributed by atoms with Gasteiger partial charge in [0.05, 0.1) is 10.5 Å². The van der Waals surface area contributed by atoms with Crippen LogP contribution >= 0.6 is 0 Å². The number of hydrogen-bond donors (Lipinski definition) is 1. The second kappa shape index (κ2) is 7.33. The molecule has 1 aliphatic heterocycles. The van der Waals surface area contributed by atoms with Crippen molar-refractivity contribution in [2.75, 3.05) is 18.4 Å². The van der Waals surface area contributed by atoms with Crippen LogP contribution in [-0.4, -0.2) is 36.7 Å². The minimum absolute atomic E-state index is 0.251. The smallest absolute Gasteiger partial charge is 0.257 e. The fraction of sp³-hybridized carbons (Fsp3) is 0.333. The molecule has 1 fully saturated rings. The second-order valence-corrected chi connectivity index (χ2v) is 8.27. The number of hydrogen-bond acceptors (Lipinski definition) is 4. The molecule has 0 saturated carbocycles. The predicted molar refractivity (Wildman–Crippen MR) is 95.8 cm³/mol. The van der Waals surface area contributed by atoms with Crippen LogP contribution < -0.4 is 5.32 Å². The van der Waals surface area contributed by atoms with E-state index in [1.807, 2.05) is 0 Å². The number of aromatic nitrogens is 1. The SMILES string of the molecule is C[C@@H]1CCCN(S(=O)(=O)c2ccc(NC(=O)c3cccnc3)cc2)C1. The summed E-state index contributed by atoms with van der Waals surface area (Å²) in [6, 6.07) is 9.63. The fourth-order valence-corrected chi connectivity index (χ4v) is 4.52. The summed E-state index contributed by atoms with van der Waals surface area (Å²) in [6.07, 6.45) is 5.02. The normalized spacial score (nSPS) is 18.7. The molecule has 0 bridgehead atoms. The predicted octanol–water partition coefficient (Wildman–Crippen LogP) is 2.75. The Bertz CT molecular complexity index is 836. The van der Waals surface area contributed by atoms with Crippen molar-refractivity contribution < 1.29 is 13.2 Å². The average molecular weight is 359 g/mol. The van der Waals surface area contributed by atoms with Gasteiger partial charge >= 0.3 is 0 Å². The van der Waals surface area contributed by atoms with Gasteiger partial charge in [-0.3, -0.25) is 9.78 Å². The molecule has 3 rings (SSSR count). The Morgan fingerprint density at radius 2 is 2.00 bits per heavy atom. The minimum atomic E-state index is -3.48. The average Bonchev–Trinajstić information content (AvgIpc) is 2.63. The fourth-order valence-electron chi connectivity index (χ4n) is 2.92. The van der Waals surface area contributed by atoms with E-state index in [-0.39, 0.29) is 10.8 Å². The summed E-state index contributed by atoms with van der Waals surface area (Å²) in [5.74, 6) is 0.0927. The van der Waals surface area contributed by atoms with Gasteiger partial charge in [-0.25, -0.2) is 8.42 Å². The Balaban J connectivity index is 1.72. The van der Waals surface area contributed by atoms with E-state index in [0.717, 1.165) is 12.8 Å². The van der Waals surface area contributed by atoms with Crippen molar-refractivity contribution in [2.24, 2.45) is 5.92 Å². The molecule has 1 aromatic heterocycles. The number of sulfonamides is 1. The van der Waals surface area contributed by atoms with E-state index in [1.54, 1.807) is 34.8 Å². The summed E-state index contributed by atoms with van der Waals surface area (Å²) in [7, 11) is -3.48. The third kappa shape index (κ3) is 4.05. The number of amides is 1. The highest BCUT2D eigenvalue weighted by molar-refractivity contribution is 7.89. The standard InChI is InChI=1S/C18H21N3O3S/c1-14-4-3-11-21(13-14)25(23,24)17-8-6-16(7-9-17)20-18(22)15-5-2-10-19-12-15/h2,5-10,12,14H,3-4,11,13H2,1H3,(H,20,22)/t14-/m1/s1. The Morgan fingerprint density at radius 3 is 2.64 bits per heavy atom. The third-order valence-corrected chi connectivity index (χ3v) is 6.17. The number of anilines is 1. The van der Waals surface area contributed by atoms with Crippen LogP contribution in [0.25, 0.3) is 0 Å². The number of nitrogens with one attached hydrogen (secondary N) is 1. The molecule has 7 heteroatoms. The van der Waals surface area contributed by atoms with Gasteiger partial charge in [-0.15, -0.1) is 0 Å². The molecule has 1 N–H and O–H groups in total. The van der Waals surface area contributed by atoms with Gasteiger partial charge in [-0.2, -0.15) is 4.31 Å². The maximum absolute atomic E-state index is 12.7. The van der Waals surface area contributed by atoms with Crippen molar-refractivity contribution in [3.05, 3.63) is 54.4 Å². The van der Waals surface area contributed by atoms with Crippen molar-refractivity contribution in [2.45, 2.75) is 24.7 Å². The van der Waals surface area contributed by atoms with E-state index in [4.69, 9.17) is 0 Å². The molecule has 1 saturated heterocycles. The van der Waals surface area contributed by atoms with Crippen molar-refractivity contribution in [3.8, 4) is 0 Å². The number of carbonyl (C=O) groups is 1. The Hall–Kier alpha value is -2.25. The molecule has 6 nitrogen and oxygen atoms in total. The Morgan fingerprint density at radius 1 is 1.24 bits per heavy atom. The van der Waals surface area contributed by atoms with E-state index in [9.17, 15) is 13.2 Å². The molecule has 2 heterocycles. The zero-order valence-electron chi connectivity index (χ0n) is 14.1. The highest BCUT2D eigenvalue weighted by Gasteiger charge is 2.28. The van der Waals surface area contributed by atoms with E-state index in [1.165, 1.54) is 18.3 Å². The zero-order chi connectivity index (χ0) is 17.9. The van der Waals surface area contributed by atoms with Gasteiger partial charge in [0.2, 0.25) is 10.0 Å². The highest BCUT2D eigenvalue weighted by Crippen LogP contribution is 2.24. The summed E-state index contributed by atoms with van der Waals surface area (Å²) in [6.45, 7) is 3.19. The van der Waals surface area contributed by atoms with E-state index >= 15 is 0 Å². The van der Waals surface area contributed by atoms with Crippen molar-refractivity contribution in [3.63, 3.8) is 0 Å². The largest absolute Gasteiger partial charge is 0.322 e. The highest BCUT2D eigenvalue weighted by atomic mass is 32.2. The van der Waals surface area contributed by atoms with Gasteiger partial charge < -0.3 is 5.32 Å². The van der Waals surface area contributed by atoms with Gasteiger partial charge in [0, 0.05) is 31.2 Å². The molecule has 0 radical (unpaired) electrons. The van der Waals surface area contributed by atoms with Crippen LogP contribution in [0.2, 0.25) is 0 Å². The first kappa shape index (κ1) is 17.6. The number of rotatable bonds is 4. The molecule has 1 atom stereocenters. The molecule has 132 valence electrons. The lowest BCUT2D eigenvalue weighted by molar-refractivity contribution is 0.102. The lowest BCUT2D eigenvalue weighted by Gasteiger charge is -2.30. The molecule has 0 spiro atoms. The van der Waals surface area contributed by atoms with Gasteiger partial charge in [-0.05, 0) is 55.2 Å². The number of carbonyl (C=O) groups excluding carboxylic acids is 1. The van der Waals surface area contributed by atoms with Gasteiger partial charge in [-0.1, -0.05) is 6.92 Å². The third-order valence-electron chi connectivity index (χ3n) is 4.29. The Labute approximate surface area is 147 Å². The van der Waals surface area contributed by atoms with Crippen molar-refractivity contribution in [1.82, 2.24) is 9.29 Å². The molecular weight excluding hydrogens is 338 g/mol. The topological polar surface area (TPSA) is 79.4 Å². The maximum Gasteiger partial charge on any atom is 0.257 e. The molecule has 0 aliphatic carbocycles. The van der Waals surface area contributed by atoms with Crippen LogP contribution in [0.5, 0.6) is 0 Å². The summed E-state index contributed by atoms with van der Waals surface area (Å²) >= 11 is 0. The van der Waals surface area contributed by atoms with Gasteiger partial charge in [0.1, 0.15) is 0 Å². The lowest BCUT2D eigenvalue weighted by Crippen LogP contribution is -2.39. The zero-order valence-corrected chi connectivity index (χ0v) is 14.9. The summed E-state index contributed by atoms with van der Waals surface area (Å²) in [5, 5.41) is 2.74. The van der Waals surface area contributed by atoms with E-state index in [2.05, 4.69) is 17.2 Å². The van der Waals surface area contributed by atoms with Gasteiger partial charge in [0.25, 0.3) is 5.91 Å². The van der Waals surface area contributed by atoms with Crippen molar-refractivity contribution in [1.29, 1.82) is 0 Å². The number of nitrogens with zero attached hydrogens (tertiary/aromatic N) is 2. The Kier molecular flexibility index (Phi) is 5.15. The van der Waals surface area contributed by atoms with Gasteiger partial charge in [0.15, 0.2) is 0 Å². The monoisotopic (exact) mass is 359 g/mol. The first-order valence-electron chi connectivity index (χ1n) is 8.28. The second-order valence-electron chi connectivity index (χ2n) is 6.33. The summed E-state index contributed by atoms with van der Waals surface area (Å²) < 4.78 is 27.0. The van der Waals surface area contributed by atoms with Crippen LogP contribution in [0, 0.1) is 5.92 Å². The number of piperidine rings is 1. The maximum atomic E-state index is 12.7. The van der Waals surface area contributed by atoms with Crippen LogP contribution in [-0.2, 0) is 10.0 Å². The molecule has 1 aliphatic rings. The minimum Gasteiger partial charge on any atom is -0.322 e. The number of pyridine rings is 1. The van der Waals surface area contributed by atoms with Crippen LogP contribution in [0.3, 0.4) is 0 Å². The molecular formula is C18H21N3O3S. The summed E-state index contributed by atoms with van der Waals surface area (Å²) in [4.78, 5) is 16.3. The first-order chi connectivity index (χ1) is 12.0. The summed E-state index contributed by atoms with van der Waals surface area (Å²) in [5.41, 5.74) is 0.987.